The monoisotopic (exact) mass is 681 g/mol. The molecule has 47 heavy (non-hydrogen) atoms. The summed E-state index contributed by atoms with van der Waals surface area (Å²) in [4.78, 5) is 16.5. The van der Waals surface area contributed by atoms with E-state index >= 15 is 0 Å². The molecule has 4 bridgehead atoms. The summed E-state index contributed by atoms with van der Waals surface area (Å²) >= 11 is 1.55. The molecule has 6 fully saturated rings. The molecule has 9 aliphatic rings. The third kappa shape index (κ3) is 4.23. The fourth-order valence-electron chi connectivity index (χ4n) is 13.3. The molecule has 10 rings (SSSR count). The van der Waals surface area contributed by atoms with Gasteiger partial charge < -0.3 is 10.2 Å². The number of allylic oxidation sites excluding steroid dienone is 4. The molecule has 11 atom stereocenters. The lowest BCUT2D eigenvalue weighted by Gasteiger charge is -2.71. The molecular formula is C39H55NO5S2. The van der Waals surface area contributed by atoms with Gasteiger partial charge in [-0.2, -0.15) is 4.31 Å². The van der Waals surface area contributed by atoms with E-state index < -0.39 is 26.5 Å². The number of thiophene rings is 1. The maximum atomic E-state index is 14.7. The topological polar surface area (TPSA) is 94.9 Å². The highest BCUT2D eigenvalue weighted by molar-refractivity contribution is 7.88. The van der Waals surface area contributed by atoms with Gasteiger partial charge in [-0.15, -0.1) is 11.3 Å². The molecule has 0 radical (unpaired) electrons. The summed E-state index contributed by atoms with van der Waals surface area (Å²) in [5, 5.41) is 23.9. The van der Waals surface area contributed by atoms with Gasteiger partial charge in [0, 0.05) is 39.8 Å². The Morgan fingerprint density at radius 3 is 2.34 bits per heavy atom. The van der Waals surface area contributed by atoms with Crippen molar-refractivity contribution < 1.29 is 23.4 Å². The van der Waals surface area contributed by atoms with Gasteiger partial charge in [0.1, 0.15) is 0 Å². The van der Waals surface area contributed by atoms with Crippen LogP contribution in [-0.2, 0) is 10.0 Å². The van der Waals surface area contributed by atoms with Gasteiger partial charge in [0.2, 0.25) is 10.0 Å². The van der Waals surface area contributed by atoms with Crippen LogP contribution in [0.5, 0.6) is 0 Å². The zero-order valence-corrected chi connectivity index (χ0v) is 30.9. The summed E-state index contributed by atoms with van der Waals surface area (Å²) in [6.45, 7) is 12.0. The van der Waals surface area contributed by atoms with Crippen LogP contribution in [0.25, 0.3) is 0 Å². The van der Waals surface area contributed by atoms with Crippen LogP contribution in [0, 0.1) is 63.6 Å². The largest absolute Gasteiger partial charge is 0.393 e. The van der Waals surface area contributed by atoms with Gasteiger partial charge in [0.05, 0.1) is 22.8 Å². The molecule has 6 nitrogen and oxygen atoms in total. The molecule has 1 unspecified atom stereocenters. The molecular weight excluding hydrogens is 627 g/mol. The minimum Gasteiger partial charge on any atom is -0.393 e. The van der Waals surface area contributed by atoms with Crippen LogP contribution in [0.2, 0.25) is 0 Å². The van der Waals surface area contributed by atoms with Crippen LogP contribution in [0.4, 0.5) is 0 Å². The number of hydrogen-bond donors (Lipinski definition) is 2. The second kappa shape index (κ2) is 10.1. The average molecular weight is 682 g/mol. The first kappa shape index (κ1) is 32.9. The predicted octanol–water partition coefficient (Wildman–Crippen LogP) is 7.16. The number of Topliss-reactive ketones (excluding diaryl/α,β-unsaturated/α-hetero) is 1. The van der Waals surface area contributed by atoms with E-state index in [1.807, 2.05) is 19.1 Å². The number of fused-ring (bicyclic) bond motifs is 3. The van der Waals surface area contributed by atoms with E-state index in [9.17, 15) is 23.4 Å². The number of aliphatic hydroxyl groups excluding tert-OH is 1. The number of aryl methyl sites for hydroxylation is 1. The number of hydrogen-bond acceptors (Lipinski definition) is 6. The highest BCUT2D eigenvalue weighted by Gasteiger charge is 2.74. The van der Waals surface area contributed by atoms with Gasteiger partial charge in [0.15, 0.2) is 5.78 Å². The second-order valence-electron chi connectivity index (χ2n) is 18.3. The standard InChI is InChI=1S/C39H55NO5S2/c1-24-7-10-30(46-24)33(42)29-21-37-17-18-39(29)31(35(37,4)14-11-27(41)20-37)12-15-36(5)32(39)13-16-38(36,43)23-40(47(6,44)45)22-25-8-9-26-19-28(25)34(26,2)3/h7,10,17-18,21,25-28,31-32,41,43H,8-9,11-16,19-20,22-23H2,1-6H3/t25-,26-,27?,28-,31+,32+,35+,36-,37-,38+,39+/m0/s1. The number of carbonyl (C=O) groups is 1. The van der Waals surface area contributed by atoms with Crippen molar-refractivity contribution in [3.63, 3.8) is 0 Å². The Kier molecular flexibility index (Phi) is 7.09. The lowest BCUT2D eigenvalue weighted by atomic mass is 9.32. The molecule has 1 aromatic rings. The second-order valence-corrected chi connectivity index (χ2v) is 21.6. The Morgan fingerprint density at radius 1 is 0.979 bits per heavy atom. The van der Waals surface area contributed by atoms with E-state index in [4.69, 9.17) is 0 Å². The molecule has 8 heteroatoms. The molecule has 0 aromatic carbocycles. The smallest absolute Gasteiger partial charge is 0.211 e. The average Bonchev–Trinajstić information content (AvgIpc) is 3.56. The number of carbonyl (C=O) groups excluding carboxylic acids is 1. The maximum absolute atomic E-state index is 14.7. The van der Waals surface area contributed by atoms with E-state index in [0.29, 0.717) is 31.2 Å². The van der Waals surface area contributed by atoms with Gasteiger partial charge >= 0.3 is 0 Å². The third-order valence-electron chi connectivity index (χ3n) is 16.3. The minimum absolute atomic E-state index is 0.00986. The van der Waals surface area contributed by atoms with E-state index in [2.05, 4.69) is 45.9 Å². The molecule has 1 heterocycles. The van der Waals surface area contributed by atoms with Crippen LogP contribution >= 0.6 is 11.3 Å². The molecule has 1 aromatic heterocycles. The minimum atomic E-state index is -3.55. The van der Waals surface area contributed by atoms with Gasteiger partial charge in [-0.05, 0) is 124 Å². The molecule has 258 valence electrons. The van der Waals surface area contributed by atoms with E-state index in [1.54, 1.807) is 15.6 Å². The van der Waals surface area contributed by atoms with Crippen molar-refractivity contribution in [3.8, 4) is 0 Å². The van der Waals surface area contributed by atoms with E-state index in [0.717, 1.165) is 66.2 Å². The zero-order valence-electron chi connectivity index (χ0n) is 29.2. The third-order valence-corrected chi connectivity index (χ3v) is 18.5. The van der Waals surface area contributed by atoms with Crippen molar-refractivity contribution in [1.82, 2.24) is 4.31 Å². The molecule has 9 aliphatic carbocycles. The van der Waals surface area contributed by atoms with Crippen LogP contribution in [-0.4, -0.2) is 59.8 Å². The Morgan fingerprint density at radius 2 is 1.68 bits per heavy atom. The highest BCUT2D eigenvalue weighted by atomic mass is 32.2. The van der Waals surface area contributed by atoms with Gasteiger partial charge in [-0.1, -0.05) is 45.9 Å². The van der Waals surface area contributed by atoms with Crippen molar-refractivity contribution >= 4 is 27.1 Å². The molecule has 6 saturated carbocycles. The van der Waals surface area contributed by atoms with Crippen LogP contribution < -0.4 is 0 Å². The first-order valence-corrected chi connectivity index (χ1v) is 21.0. The van der Waals surface area contributed by atoms with Crippen molar-refractivity contribution in [2.45, 2.75) is 111 Å². The first-order chi connectivity index (χ1) is 21.9. The van der Waals surface area contributed by atoms with Crippen LogP contribution in [0.1, 0.15) is 106 Å². The van der Waals surface area contributed by atoms with Crippen molar-refractivity contribution in [1.29, 1.82) is 0 Å². The van der Waals surface area contributed by atoms with Gasteiger partial charge in [0.25, 0.3) is 0 Å². The molecule has 0 aliphatic heterocycles. The summed E-state index contributed by atoms with van der Waals surface area (Å²) in [7, 11) is -3.55. The lowest BCUT2D eigenvalue weighted by Crippen LogP contribution is -2.67. The summed E-state index contributed by atoms with van der Waals surface area (Å²) in [6.07, 6.45) is 16.6. The van der Waals surface area contributed by atoms with Gasteiger partial charge in [-0.25, -0.2) is 8.42 Å². The Bertz CT molecular complexity index is 1670. The Hall–Kier alpha value is -1.32. The number of rotatable bonds is 7. The molecule has 2 N–H and O–H groups in total. The Balaban J connectivity index is 1.18. The normalized spacial score (nSPS) is 47.6. The van der Waals surface area contributed by atoms with Gasteiger partial charge in [-0.3, -0.25) is 4.79 Å². The molecule has 0 amide bonds. The SMILES string of the molecule is Cc1ccc(C(=O)C2=C[C@@]34C=C[C@@]25[C@@H]2CC[C@@](O)(CN(C[C@@H]6CC[C@H]7C[C@@H]6C7(C)C)S(C)(=O)=O)[C@@]2(C)CC[C@@H]5[C@@]3(C)CCC(O)C4)s1. The predicted molar refractivity (Wildman–Crippen MR) is 186 cm³/mol. The fourth-order valence-corrected chi connectivity index (χ4v) is 15.1. The van der Waals surface area contributed by atoms with Crippen LogP contribution in [0.15, 0.2) is 35.9 Å². The maximum Gasteiger partial charge on any atom is 0.211 e. The van der Waals surface area contributed by atoms with Crippen LogP contribution in [0.3, 0.4) is 0 Å². The summed E-state index contributed by atoms with van der Waals surface area (Å²) in [5.74, 6) is 1.93. The number of nitrogens with zero attached hydrogens (tertiary/aromatic N) is 1. The quantitative estimate of drug-likeness (QED) is 0.235. The van der Waals surface area contributed by atoms with E-state index in [-0.39, 0.29) is 46.5 Å². The highest BCUT2D eigenvalue weighted by Crippen LogP contribution is 2.78. The lowest BCUT2D eigenvalue weighted by molar-refractivity contribution is -0.174. The Labute approximate surface area is 286 Å². The molecule has 2 spiro atoms. The van der Waals surface area contributed by atoms with E-state index in [1.165, 1.54) is 12.7 Å². The number of sulfonamides is 1. The summed E-state index contributed by atoms with van der Waals surface area (Å²) in [6, 6.07) is 3.98. The summed E-state index contributed by atoms with van der Waals surface area (Å²) < 4.78 is 28.6. The number of ketones is 1. The summed E-state index contributed by atoms with van der Waals surface area (Å²) in [5.41, 5.74) is -1.61. The van der Waals surface area contributed by atoms with Crippen molar-refractivity contribution in [2.24, 2.45) is 56.7 Å². The fraction of sp³-hybridized carbons (Fsp3) is 0.769. The first-order valence-electron chi connectivity index (χ1n) is 18.3. The zero-order chi connectivity index (χ0) is 33.6. The molecule has 0 saturated heterocycles. The van der Waals surface area contributed by atoms with Crippen molar-refractivity contribution in [2.75, 3.05) is 19.3 Å². The van der Waals surface area contributed by atoms with Crippen molar-refractivity contribution in [3.05, 3.63) is 45.7 Å². The number of aliphatic hydroxyl groups is 2.